The molecule has 0 spiro atoms. The summed E-state index contributed by atoms with van der Waals surface area (Å²) in [6.45, 7) is 0.693. The van der Waals surface area contributed by atoms with Crippen molar-refractivity contribution in [1.29, 1.82) is 0 Å². The van der Waals surface area contributed by atoms with E-state index in [9.17, 15) is 4.79 Å². The number of carbonyl (C=O) groups is 1. The molecule has 0 radical (unpaired) electrons. The highest BCUT2D eigenvalue weighted by Gasteiger charge is 2.18. The van der Waals surface area contributed by atoms with E-state index in [-0.39, 0.29) is 13.4 Å². The number of aromatic nitrogens is 1. The van der Waals surface area contributed by atoms with Gasteiger partial charge in [-0.3, -0.25) is 0 Å². The molecule has 24 heavy (non-hydrogen) atoms. The van der Waals surface area contributed by atoms with Crippen molar-refractivity contribution in [3.05, 3.63) is 57.6 Å². The molecule has 0 unspecified atom stereocenters. The molecular weight excluding hydrogens is 350 g/mol. The van der Waals surface area contributed by atoms with Crippen molar-refractivity contribution < 1.29 is 19.0 Å². The van der Waals surface area contributed by atoms with Crippen molar-refractivity contribution in [3.63, 3.8) is 0 Å². The molecule has 0 atom stereocenters. The molecule has 0 fully saturated rings. The molecule has 2 aromatic carbocycles. The number of hydrogen-bond acceptors (Lipinski definition) is 6. The molecule has 2 heterocycles. The van der Waals surface area contributed by atoms with E-state index in [0.717, 1.165) is 21.3 Å². The minimum absolute atomic E-state index is 0.0858. The van der Waals surface area contributed by atoms with Gasteiger partial charge in [-0.1, -0.05) is 11.6 Å². The van der Waals surface area contributed by atoms with E-state index in [4.69, 9.17) is 25.8 Å². The van der Waals surface area contributed by atoms with Gasteiger partial charge in [0.15, 0.2) is 6.79 Å². The summed E-state index contributed by atoms with van der Waals surface area (Å²) in [5.41, 5.74) is 4.69. The van der Waals surface area contributed by atoms with E-state index >= 15 is 0 Å². The van der Waals surface area contributed by atoms with E-state index in [1.54, 1.807) is 29.8 Å². The van der Waals surface area contributed by atoms with Crippen LogP contribution in [0.25, 0.3) is 10.2 Å². The number of esters is 1. The molecule has 1 aromatic heterocycles. The first kappa shape index (κ1) is 15.4. The van der Waals surface area contributed by atoms with Crippen molar-refractivity contribution in [1.82, 2.24) is 4.98 Å². The van der Waals surface area contributed by atoms with Crippen LogP contribution in [0.4, 0.5) is 0 Å². The van der Waals surface area contributed by atoms with Crippen LogP contribution in [0.3, 0.4) is 0 Å². The first-order chi connectivity index (χ1) is 11.7. The van der Waals surface area contributed by atoms with E-state index in [1.807, 2.05) is 6.07 Å². The second-order valence-electron chi connectivity index (χ2n) is 5.27. The summed E-state index contributed by atoms with van der Waals surface area (Å²) in [4.78, 5) is 16.5. The Morgan fingerprint density at radius 1 is 1.33 bits per heavy atom. The normalized spacial score (nSPS) is 13.4. The molecule has 5 nitrogen and oxygen atoms in total. The van der Waals surface area contributed by atoms with Crippen molar-refractivity contribution in [3.8, 4) is 5.75 Å². The Bertz CT molecular complexity index is 924. The van der Waals surface area contributed by atoms with Gasteiger partial charge in [-0.15, -0.1) is 11.3 Å². The Hall–Kier alpha value is -2.15. The number of rotatable bonds is 3. The maximum absolute atomic E-state index is 12.3. The number of halogens is 1. The number of ether oxygens (including phenoxy) is 3. The molecule has 0 amide bonds. The zero-order valence-electron chi connectivity index (χ0n) is 12.5. The standard InChI is InChI=1S/C17H12ClNO4S/c18-13-3-11-6-21-9-23-16(11)12(4-13)7-22-17(20)10-1-2-14-15(5-10)24-8-19-14/h1-5,8H,6-7,9H2. The second-order valence-corrected chi connectivity index (χ2v) is 6.60. The highest BCUT2D eigenvalue weighted by Crippen LogP contribution is 2.32. The molecule has 0 saturated heterocycles. The number of fused-ring (bicyclic) bond motifs is 2. The molecular formula is C17H12ClNO4S. The lowest BCUT2D eigenvalue weighted by Gasteiger charge is -2.21. The summed E-state index contributed by atoms with van der Waals surface area (Å²) >= 11 is 7.59. The van der Waals surface area contributed by atoms with E-state index in [0.29, 0.717) is 22.9 Å². The Kier molecular flexibility index (Phi) is 4.10. The number of hydrogen-bond donors (Lipinski definition) is 0. The smallest absolute Gasteiger partial charge is 0.338 e. The third-order valence-electron chi connectivity index (χ3n) is 3.68. The van der Waals surface area contributed by atoms with Gasteiger partial charge in [0.1, 0.15) is 12.4 Å². The lowest BCUT2D eigenvalue weighted by Crippen LogP contribution is -2.14. The number of carbonyl (C=O) groups excluding carboxylic acids is 1. The predicted octanol–water partition coefficient (Wildman–Crippen LogP) is 4.17. The molecule has 7 heteroatoms. The lowest BCUT2D eigenvalue weighted by molar-refractivity contribution is -0.0180. The summed E-state index contributed by atoms with van der Waals surface area (Å²) in [5, 5.41) is 0.556. The quantitative estimate of drug-likeness (QED) is 0.655. The van der Waals surface area contributed by atoms with Crippen LogP contribution in [-0.4, -0.2) is 17.7 Å². The average molecular weight is 362 g/mol. The van der Waals surface area contributed by atoms with Gasteiger partial charge < -0.3 is 14.2 Å². The zero-order valence-corrected chi connectivity index (χ0v) is 14.0. The topological polar surface area (TPSA) is 57.7 Å². The van der Waals surface area contributed by atoms with Gasteiger partial charge in [0.05, 0.1) is 27.9 Å². The molecule has 1 aliphatic rings. The van der Waals surface area contributed by atoms with Gasteiger partial charge in [-0.2, -0.15) is 0 Å². The minimum atomic E-state index is -0.397. The predicted molar refractivity (Wildman–Crippen MR) is 90.5 cm³/mol. The molecule has 4 rings (SSSR count). The maximum atomic E-state index is 12.3. The fourth-order valence-corrected chi connectivity index (χ4v) is 3.55. The second kappa shape index (κ2) is 6.39. The van der Waals surface area contributed by atoms with Gasteiger partial charge in [-0.25, -0.2) is 9.78 Å². The molecule has 0 N–H and O–H groups in total. The van der Waals surface area contributed by atoms with Crippen LogP contribution >= 0.6 is 22.9 Å². The lowest BCUT2D eigenvalue weighted by atomic mass is 10.1. The van der Waals surface area contributed by atoms with Crippen LogP contribution in [0.5, 0.6) is 5.75 Å². The average Bonchev–Trinajstić information content (AvgIpc) is 3.06. The maximum Gasteiger partial charge on any atom is 0.338 e. The highest BCUT2D eigenvalue weighted by molar-refractivity contribution is 7.16. The largest absolute Gasteiger partial charge is 0.467 e. The van der Waals surface area contributed by atoms with E-state index in [1.165, 1.54) is 11.3 Å². The Morgan fingerprint density at radius 3 is 3.17 bits per heavy atom. The molecule has 1 aliphatic heterocycles. The monoisotopic (exact) mass is 361 g/mol. The Labute approximate surface area is 146 Å². The first-order valence-corrected chi connectivity index (χ1v) is 8.49. The van der Waals surface area contributed by atoms with Gasteiger partial charge >= 0.3 is 5.97 Å². The number of nitrogens with zero attached hydrogens (tertiary/aromatic N) is 1. The summed E-state index contributed by atoms with van der Waals surface area (Å²) in [6.07, 6.45) is 0. The molecule has 122 valence electrons. The van der Waals surface area contributed by atoms with Crippen molar-refractivity contribution in [2.45, 2.75) is 13.2 Å². The SMILES string of the molecule is O=C(OCc1cc(Cl)cc2c1OCOC2)c1ccc2ncsc2c1. The van der Waals surface area contributed by atoms with Crippen molar-refractivity contribution in [2.75, 3.05) is 6.79 Å². The minimum Gasteiger partial charge on any atom is -0.467 e. The summed E-state index contributed by atoms with van der Waals surface area (Å²) in [5.74, 6) is 0.280. The van der Waals surface area contributed by atoms with Crippen LogP contribution in [0, 0.1) is 0 Å². The van der Waals surface area contributed by atoms with Crippen molar-refractivity contribution in [2.24, 2.45) is 0 Å². The Balaban J connectivity index is 1.54. The highest BCUT2D eigenvalue weighted by atomic mass is 35.5. The number of benzene rings is 2. The Morgan fingerprint density at radius 2 is 2.25 bits per heavy atom. The molecule has 0 bridgehead atoms. The third kappa shape index (κ3) is 2.96. The molecule has 0 saturated carbocycles. The summed E-state index contributed by atoms with van der Waals surface area (Å²) in [7, 11) is 0. The summed E-state index contributed by atoms with van der Waals surface area (Å²) in [6, 6.07) is 8.84. The van der Waals surface area contributed by atoms with E-state index < -0.39 is 5.97 Å². The fraction of sp³-hybridized carbons (Fsp3) is 0.176. The molecule has 0 aliphatic carbocycles. The van der Waals surface area contributed by atoms with Crippen LogP contribution in [-0.2, 0) is 22.7 Å². The molecule has 3 aromatic rings. The van der Waals surface area contributed by atoms with Crippen LogP contribution in [0.15, 0.2) is 35.8 Å². The van der Waals surface area contributed by atoms with Crippen molar-refractivity contribution >= 4 is 39.1 Å². The van der Waals surface area contributed by atoms with Crippen LogP contribution in [0.2, 0.25) is 5.02 Å². The summed E-state index contributed by atoms with van der Waals surface area (Å²) < 4.78 is 17.1. The van der Waals surface area contributed by atoms with Gasteiger partial charge in [0.2, 0.25) is 0 Å². The third-order valence-corrected chi connectivity index (χ3v) is 4.69. The van der Waals surface area contributed by atoms with Gasteiger partial charge in [0.25, 0.3) is 0 Å². The zero-order chi connectivity index (χ0) is 16.5. The van der Waals surface area contributed by atoms with Crippen LogP contribution < -0.4 is 4.74 Å². The van der Waals surface area contributed by atoms with Crippen LogP contribution in [0.1, 0.15) is 21.5 Å². The first-order valence-electron chi connectivity index (χ1n) is 7.23. The van der Waals surface area contributed by atoms with E-state index in [2.05, 4.69) is 4.98 Å². The van der Waals surface area contributed by atoms with Gasteiger partial charge in [0, 0.05) is 16.1 Å². The fourth-order valence-electron chi connectivity index (χ4n) is 2.57. The van der Waals surface area contributed by atoms with Gasteiger partial charge in [-0.05, 0) is 30.3 Å². The number of thiazole rings is 1.